The minimum Gasteiger partial charge on any atom is -0.508 e. The molecular weight excluding hydrogens is 370 g/mol. The Bertz CT molecular complexity index is 801. The molecule has 2 N–H and O–H groups in total. The number of halogens is 1. The van der Waals surface area contributed by atoms with E-state index in [4.69, 9.17) is 4.74 Å². The summed E-state index contributed by atoms with van der Waals surface area (Å²) >= 11 is 0. The van der Waals surface area contributed by atoms with Crippen molar-refractivity contribution < 1.29 is 9.84 Å². The van der Waals surface area contributed by atoms with Gasteiger partial charge in [0.2, 0.25) is 0 Å². The highest BCUT2D eigenvalue weighted by molar-refractivity contribution is 5.85. The van der Waals surface area contributed by atoms with Gasteiger partial charge in [0, 0.05) is 29.8 Å². The molecule has 2 aromatic carbocycles. The molecule has 0 amide bonds. The van der Waals surface area contributed by atoms with Gasteiger partial charge in [-0.05, 0) is 67.0 Å². The van der Waals surface area contributed by atoms with Crippen LogP contribution in [0, 0.1) is 11.8 Å². The predicted molar refractivity (Wildman–Crippen MR) is 116 cm³/mol. The zero-order valence-electron chi connectivity index (χ0n) is 16.3. The van der Waals surface area contributed by atoms with E-state index in [1.165, 1.54) is 61.8 Å². The number of fused-ring (bicyclic) bond motifs is 3. The van der Waals surface area contributed by atoms with Crippen molar-refractivity contribution in [2.24, 2.45) is 11.8 Å². The molecule has 3 atom stereocenters. The van der Waals surface area contributed by atoms with Crippen LogP contribution in [0.15, 0.2) is 42.5 Å². The fourth-order valence-corrected chi connectivity index (χ4v) is 5.50. The summed E-state index contributed by atoms with van der Waals surface area (Å²) in [5.41, 5.74) is 4.91. The van der Waals surface area contributed by atoms with Gasteiger partial charge in [0.25, 0.3) is 0 Å². The van der Waals surface area contributed by atoms with Gasteiger partial charge in [-0.3, -0.25) is 0 Å². The van der Waals surface area contributed by atoms with Crippen LogP contribution in [-0.2, 0) is 4.74 Å². The molecule has 0 bridgehead atoms. The number of anilines is 1. The third kappa shape index (κ3) is 3.62. The molecule has 2 heterocycles. The average molecular weight is 400 g/mol. The first-order chi connectivity index (χ1) is 13.3. The normalized spacial score (nSPS) is 27.1. The Morgan fingerprint density at radius 3 is 2.39 bits per heavy atom. The lowest BCUT2D eigenvalue weighted by Crippen LogP contribution is -2.46. The van der Waals surface area contributed by atoms with Gasteiger partial charge in [-0.15, -0.1) is 12.4 Å². The molecule has 28 heavy (non-hydrogen) atoms. The summed E-state index contributed by atoms with van der Waals surface area (Å²) in [7, 11) is 0. The summed E-state index contributed by atoms with van der Waals surface area (Å²) in [6.45, 7) is 0.876. The van der Waals surface area contributed by atoms with Crippen LogP contribution in [-0.4, -0.2) is 17.8 Å². The van der Waals surface area contributed by atoms with E-state index in [1.54, 1.807) is 12.1 Å². The largest absolute Gasteiger partial charge is 0.508 e. The van der Waals surface area contributed by atoms with Crippen molar-refractivity contribution in [3.05, 3.63) is 48.0 Å². The fraction of sp³-hybridized carbons (Fsp3) is 0.500. The van der Waals surface area contributed by atoms with Crippen molar-refractivity contribution in [3.63, 3.8) is 0 Å². The molecule has 0 aromatic heterocycles. The van der Waals surface area contributed by atoms with Gasteiger partial charge in [-0.2, -0.15) is 0 Å². The van der Waals surface area contributed by atoms with Gasteiger partial charge in [0.15, 0.2) is 0 Å². The molecule has 1 saturated heterocycles. The van der Waals surface area contributed by atoms with Crippen LogP contribution in [0.25, 0.3) is 11.1 Å². The second kappa shape index (κ2) is 8.34. The molecule has 1 aliphatic carbocycles. The van der Waals surface area contributed by atoms with E-state index >= 15 is 0 Å². The number of rotatable bonds is 2. The Morgan fingerprint density at radius 1 is 0.857 bits per heavy atom. The van der Waals surface area contributed by atoms with E-state index in [1.807, 2.05) is 12.1 Å². The van der Waals surface area contributed by atoms with Gasteiger partial charge in [0.1, 0.15) is 5.75 Å². The molecule has 1 saturated carbocycles. The minimum atomic E-state index is 0. The molecule has 3 nitrogen and oxygen atoms in total. The maximum Gasteiger partial charge on any atom is 0.115 e. The summed E-state index contributed by atoms with van der Waals surface area (Å²) < 4.78 is 6.36. The molecule has 5 rings (SSSR count). The van der Waals surface area contributed by atoms with Crippen molar-refractivity contribution in [1.82, 2.24) is 0 Å². The predicted octanol–water partition coefficient (Wildman–Crippen LogP) is 6.32. The van der Waals surface area contributed by atoms with Crippen molar-refractivity contribution in [2.45, 2.75) is 57.1 Å². The number of benzene rings is 2. The third-order valence-corrected chi connectivity index (χ3v) is 6.87. The maximum absolute atomic E-state index is 9.57. The highest BCUT2D eigenvalue weighted by atomic mass is 35.5. The van der Waals surface area contributed by atoms with Crippen molar-refractivity contribution in [2.75, 3.05) is 11.9 Å². The average Bonchev–Trinajstić information content (AvgIpc) is 2.74. The number of nitrogens with one attached hydrogen (secondary N) is 1. The molecule has 0 radical (unpaired) electrons. The molecule has 0 spiro atoms. The van der Waals surface area contributed by atoms with E-state index in [9.17, 15) is 5.11 Å². The first kappa shape index (κ1) is 19.6. The molecule has 3 aliphatic rings. The van der Waals surface area contributed by atoms with E-state index in [-0.39, 0.29) is 18.5 Å². The fourth-order valence-electron chi connectivity index (χ4n) is 5.50. The Hall–Kier alpha value is -1.71. The minimum absolute atomic E-state index is 0. The molecule has 4 heteroatoms. The molecule has 2 aromatic rings. The summed E-state index contributed by atoms with van der Waals surface area (Å²) in [6.07, 6.45) is 9.56. The van der Waals surface area contributed by atoms with Gasteiger partial charge in [-0.1, -0.05) is 37.5 Å². The zero-order valence-corrected chi connectivity index (χ0v) is 17.1. The number of hydrogen-bond acceptors (Lipinski definition) is 3. The number of hydrogen-bond donors (Lipinski definition) is 2. The van der Waals surface area contributed by atoms with E-state index in [0.29, 0.717) is 17.7 Å². The van der Waals surface area contributed by atoms with Crippen molar-refractivity contribution in [1.29, 1.82) is 0 Å². The third-order valence-electron chi connectivity index (χ3n) is 6.87. The first-order valence-electron chi connectivity index (χ1n) is 10.6. The maximum atomic E-state index is 9.57. The topological polar surface area (TPSA) is 41.5 Å². The Balaban J connectivity index is 0.00000192. The van der Waals surface area contributed by atoms with E-state index in [0.717, 1.165) is 18.1 Å². The Labute approximate surface area is 173 Å². The Morgan fingerprint density at radius 2 is 1.61 bits per heavy atom. The zero-order chi connectivity index (χ0) is 18.2. The molecule has 2 fully saturated rings. The smallest absolute Gasteiger partial charge is 0.115 e. The Kier molecular flexibility index (Phi) is 5.84. The summed E-state index contributed by atoms with van der Waals surface area (Å²) in [5.74, 6) is 1.69. The van der Waals surface area contributed by atoms with Gasteiger partial charge >= 0.3 is 0 Å². The highest BCUT2D eigenvalue weighted by Gasteiger charge is 2.42. The van der Waals surface area contributed by atoms with E-state index in [2.05, 4.69) is 23.5 Å². The summed E-state index contributed by atoms with van der Waals surface area (Å²) in [6, 6.07) is 14.8. The van der Waals surface area contributed by atoms with Crippen LogP contribution in [0.3, 0.4) is 0 Å². The van der Waals surface area contributed by atoms with Crippen LogP contribution in [0.5, 0.6) is 5.75 Å². The molecule has 150 valence electrons. The van der Waals surface area contributed by atoms with Crippen LogP contribution in [0.2, 0.25) is 0 Å². The number of phenolic OH excluding ortho intramolecular Hbond substituents is 1. The van der Waals surface area contributed by atoms with Gasteiger partial charge < -0.3 is 15.2 Å². The van der Waals surface area contributed by atoms with E-state index < -0.39 is 0 Å². The number of aromatic hydroxyl groups is 1. The highest BCUT2D eigenvalue weighted by Crippen LogP contribution is 2.48. The summed E-state index contributed by atoms with van der Waals surface area (Å²) in [5, 5.41) is 13.5. The number of ether oxygens (including phenoxy) is 1. The molecule has 0 unspecified atom stereocenters. The second-order valence-electron chi connectivity index (χ2n) is 8.51. The summed E-state index contributed by atoms with van der Waals surface area (Å²) in [4.78, 5) is 0. The monoisotopic (exact) mass is 399 g/mol. The van der Waals surface area contributed by atoms with Crippen LogP contribution in [0.4, 0.5) is 5.69 Å². The quantitative estimate of drug-likeness (QED) is 0.620. The SMILES string of the molecule is Cl.Oc1ccc(-c2ccc3c(c2)[C@H]2OCCC[C@H]2[C@@H](C2CCCCC2)N3)cc1. The van der Waals surface area contributed by atoms with Gasteiger partial charge in [-0.25, -0.2) is 0 Å². The molecular formula is C24H30ClNO2. The lowest BCUT2D eigenvalue weighted by Gasteiger charge is -2.47. The lowest BCUT2D eigenvalue weighted by molar-refractivity contribution is -0.0457. The van der Waals surface area contributed by atoms with Crippen molar-refractivity contribution in [3.8, 4) is 16.9 Å². The first-order valence-corrected chi connectivity index (χ1v) is 10.6. The van der Waals surface area contributed by atoms with Gasteiger partial charge in [0.05, 0.1) is 6.10 Å². The lowest BCUT2D eigenvalue weighted by atomic mass is 9.71. The standard InChI is InChI=1S/C24H29NO2.ClH/c26-19-11-8-16(9-12-19)18-10-13-22-21(15-18)24-20(7-4-14-27-24)23(25-22)17-5-2-1-3-6-17;/h8-13,15,17,20,23-26H,1-7,14H2;1H/t20-,23+,24-;/m0./s1. The van der Waals surface area contributed by atoms with Crippen LogP contribution >= 0.6 is 12.4 Å². The van der Waals surface area contributed by atoms with Crippen LogP contribution in [0.1, 0.15) is 56.6 Å². The number of phenols is 1. The van der Waals surface area contributed by atoms with Crippen molar-refractivity contribution >= 4 is 18.1 Å². The van der Waals surface area contributed by atoms with Crippen LogP contribution < -0.4 is 5.32 Å². The second-order valence-corrected chi connectivity index (χ2v) is 8.51. The molecule has 2 aliphatic heterocycles.